The fourth-order valence-electron chi connectivity index (χ4n) is 3.33. The second kappa shape index (κ2) is 9.76. The van der Waals surface area contributed by atoms with Crippen LogP contribution in [0.25, 0.3) is 16.8 Å². The third kappa shape index (κ3) is 5.07. The molecule has 34 heavy (non-hydrogen) atoms. The van der Waals surface area contributed by atoms with Crippen LogP contribution in [0.5, 0.6) is 11.5 Å². The Morgan fingerprint density at radius 2 is 1.71 bits per heavy atom. The Morgan fingerprint density at radius 3 is 2.47 bits per heavy atom. The first-order chi connectivity index (χ1) is 16.6. The van der Waals surface area contributed by atoms with Crippen molar-refractivity contribution in [3.05, 3.63) is 103 Å². The molecule has 0 aliphatic heterocycles. The van der Waals surface area contributed by atoms with E-state index in [0.717, 1.165) is 16.8 Å². The molecule has 5 rings (SSSR count). The number of anilines is 1. The summed E-state index contributed by atoms with van der Waals surface area (Å²) in [5, 5.41) is 8.11. The monoisotopic (exact) mass is 470 g/mol. The number of fused-ring (bicyclic) bond motifs is 1. The summed E-state index contributed by atoms with van der Waals surface area (Å²) in [6.45, 7) is 0. The topological polar surface area (TPSA) is 68.5 Å². The van der Waals surface area contributed by atoms with Gasteiger partial charge in [0.15, 0.2) is 0 Å². The Morgan fingerprint density at radius 1 is 0.971 bits per heavy atom. The summed E-state index contributed by atoms with van der Waals surface area (Å²) < 4.78 is 20.7. The fraction of sp³-hybridized carbons (Fsp3) is 0.0385. The second-order valence-electron chi connectivity index (χ2n) is 7.38. The molecule has 0 bridgehead atoms. The van der Waals surface area contributed by atoms with Crippen LogP contribution in [0.1, 0.15) is 0 Å². The number of halogens is 1. The molecule has 1 N–H and O–H groups in total. The molecular formula is C26H19FN4O2S. The van der Waals surface area contributed by atoms with Gasteiger partial charge in [-0.2, -0.15) is 5.10 Å². The maximum absolute atomic E-state index is 13.2. The summed E-state index contributed by atoms with van der Waals surface area (Å²) in [4.78, 5) is 16.9. The number of thioether (sulfide) groups is 1. The molecule has 0 saturated carbocycles. The molecule has 0 aliphatic carbocycles. The van der Waals surface area contributed by atoms with Gasteiger partial charge in [-0.25, -0.2) is 13.9 Å². The van der Waals surface area contributed by atoms with Gasteiger partial charge in [0.05, 0.1) is 17.0 Å². The van der Waals surface area contributed by atoms with Crippen LogP contribution in [0.3, 0.4) is 0 Å². The molecule has 6 nitrogen and oxygen atoms in total. The van der Waals surface area contributed by atoms with Crippen LogP contribution in [-0.2, 0) is 4.79 Å². The first-order valence-electron chi connectivity index (χ1n) is 10.5. The van der Waals surface area contributed by atoms with Crippen molar-refractivity contribution < 1.29 is 13.9 Å². The van der Waals surface area contributed by atoms with Crippen LogP contribution >= 0.6 is 11.8 Å². The van der Waals surface area contributed by atoms with Crippen molar-refractivity contribution in [3.8, 4) is 22.8 Å². The SMILES string of the molecule is O=C(CSc1nccn2nc(-c3ccc(F)cc3)cc12)Nc1ccc(Oc2ccccc2)cc1. The molecule has 0 atom stereocenters. The number of nitrogens with one attached hydrogen (secondary N) is 1. The molecule has 8 heteroatoms. The zero-order chi connectivity index (χ0) is 23.3. The van der Waals surface area contributed by atoms with Crippen LogP contribution in [0.4, 0.5) is 10.1 Å². The van der Waals surface area contributed by atoms with Gasteiger partial charge in [0.2, 0.25) is 5.91 Å². The number of aromatic nitrogens is 3. The summed E-state index contributed by atoms with van der Waals surface area (Å²) in [5.74, 6) is 1.18. The molecule has 2 aromatic heterocycles. The van der Waals surface area contributed by atoms with E-state index in [2.05, 4.69) is 15.4 Å². The smallest absolute Gasteiger partial charge is 0.234 e. The van der Waals surface area contributed by atoms with E-state index in [1.165, 1.54) is 23.9 Å². The number of hydrogen-bond acceptors (Lipinski definition) is 5. The minimum atomic E-state index is -0.296. The van der Waals surface area contributed by atoms with Crippen molar-refractivity contribution in [2.75, 3.05) is 11.1 Å². The average Bonchev–Trinajstić information content (AvgIpc) is 3.30. The predicted molar refractivity (Wildman–Crippen MR) is 131 cm³/mol. The zero-order valence-electron chi connectivity index (χ0n) is 17.9. The van der Waals surface area contributed by atoms with Gasteiger partial charge in [-0.05, 0) is 66.7 Å². The van der Waals surface area contributed by atoms with E-state index in [9.17, 15) is 9.18 Å². The van der Waals surface area contributed by atoms with Crippen molar-refractivity contribution in [1.29, 1.82) is 0 Å². The van der Waals surface area contributed by atoms with Crippen LogP contribution < -0.4 is 10.1 Å². The number of nitrogens with zero attached hydrogens (tertiary/aromatic N) is 3. The largest absolute Gasteiger partial charge is 0.457 e. The Kier molecular flexibility index (Phi) is 6.22. The first-order valence-corrected chi connectivity index (χ1v) is 11.5. The van der Waals surface area contributed by atoms with Crippen molar-refractivity contribution in [2.45, 2.75) is 5.03 Å². The average molecular weight is 471 g/mol. The number of carbonyl (C=O) groups is 1. The van der Waals surface area contributed by atoms with Gasteiger partial charge < -0.3 is 10.1 Å². The van der Waals surface area contributed by atoms with E-state index in [1.54, 1.807) is 53.3 Å². The molecule has 0 saturated heterocycles. The first kappa shape index (κ1) is 21.7. The van der Waals surface area contributed by atoms with Crippen LogP contribution in [0, 0.1) is 5.82 Å². The maximum Gasteiger partial charge on any atom is 0.234 e. The summed E-state index contributed by atoms with van der Waals surface area (Å²) in [6, 6.07) is 24.8. The van der Waals surface area contributed by atoms with Gasteiger partial charge in [-0.1, -0.05) is 30.0 Å². The van der Waals surface area contributed by atoms with Gasteiger partial charge in [0, 0.05) is 23.6 Å². The fourth-order valence-corrected chi connectivity index (χ4v) is 4.11. The summed E-state index contributed by atoms with van der Waals surface area (Å²) in [5.41, 5.74) is 2.97. The number of para-hydroxylation sites is 1. The maximum atomic E-state index is 13.2. The number of benzene rings is 3. The van der Waals surface area contributed by atoms with Crippen molar-refractivity contribution in [3.63, 3.8) is 0 Å². The lowest BCUT2D eigenvalue weighted by molar-refractivity contribution is -0.113. The van der Waals surface area contributed by atoms with Gasteiger partial charge >= 0.3 is 0 Å². The van der Waals surface area contributed by atoms with Crippen LogP contribution in [0.2, 0.25) is 0 Å². The molecule has 5 aromatic rings. The van der Waals surface area contributed by atoms with E-state index in [4.69, 9.17) is 4.74 Å². The standard InChI is InChI=1S/C26H19FN4O2S/c27-19-8-6-18(7-9-19)23-16-24-26(28-14-15-31(24)30-23)34-17-25(32)29-20-10-12-22(13-11-20)33-21-4-2-1-3-5-21/h1-16H,17H2,(H,29,32). The highest BCUT2D eigenvalue weighted by atomic mass is 32.2. The molecule has 0 spiro atoms. The highest BCUT2D eigenvalue weighted by Gasteiger charge is 2.12. The van der Waals surface area contributed by atoms with E-state index < -0.39 is 0 Å². The Bertz CT molecular complexity index is 1420. The Hall–Kier alpha value is -4.17. The van der Waals surface area contributed by atoms with Crippen molar-refractivity contribution in [2.24, 2.45) is 0 Å². The zero-order valence-corrected chi connectivity index (χ0v) is 18.7. The van der Waals surface area contributed by atoms with E-state index in [1.807, 2.05) is 36.4 Å². The molecule has 0 aliphatic rings. The Labute approximate surface area is 199 Å². The number of rotatable bonds is 7. The molecule has 0 fully saturated rings. The molecule has 1 amide bonds. The van der Waals surface area contributed by atoms with E-state index in [0.29, 0.717) is 22.2 Å². The van der Waals surface area contributed by atoms with Crippen molar-refractivity contribution in [1.82, 2.24) is 14.6 Å². The lowest BCUT2D eigenvalue weighted by atomic mass is 10.1. The molecule has 2 heterocycles. The summed E-state index contributed by atoms with van der Waals surface area (Å²) >= 11 is 1.32. The lowest BCUT2D eigenvalue weighted by Crippen LogP contribution is -2.14. The van der Waals surface area contributed by atoms with Gasteiger partial charge in [-0.3, -0.25) is 4.79 Å². The lowest BCUT2D eigenvalue weighted by Gasteiger charge is -2.08. The third-order valence-electron chi connectivity index (χ3n) is 4.95. The molecule has 0 radical (unpaired) electrons. The van der Waals surface area contributed by atoms with E-state index >= 15 is 0 Å². The Balaban J connectivity index is 1.22. The number of hydrogen-bond donors (Lipinski definition) is 1. The second-order valence-corrected chi connectivity index (χ2v) is 8.34. The summed E-state index contributed by atoms with van der Waals surface area (Å²) in [6.07, 6.45) is 3.38. The minimum Gasteiger partial charge on any atom is -0.457 e. The normalized spacial score (nSPS) is 10.9. The highest BCUT2D eigenvalue weighted by molar-refractivity contribution is 8.00. The van der Waals surface area contributed by atoms with Gasteiger partial charge in [0.25, 0.3) is 0 Å². The van der Waals surface area contributed by atoms with Gasteiger partial charge in [0.1, 0.15) is 22.3 Å². The van der Waals surface area contributed by atoms with Gasteiger partial charge in [-0.15, -0.1) is 0 Å². The quantitative estimate of drug-likeness (QED) is 0.293. The number of amides is 1. The predicted octanol–water partition coefficient (Wildman–Crippen LogP) is 6.06. The van der Waals surface area contributed by atoms with E-state index in [-0.39, 0.29) is 17.5 Å². The number of ether oxygens (including phenoxy) is 1. The molecule has 168 valence electrons. The molecule has 3 aromatic carbocycles. The number of carbonyl (C=O) groups excluding carboxylic acids is 1. The minimum absolute atomic E-state index is 0.149. The highest BCUT2D eigenvalue weighted by Crippen LogP contribution is 2.27. The van der Waals surface area contributed by atoms with Crippen LogP contribution in [0.15, 0.2) is 102 Å². The molecule has 0 unspecified atom stereocenters. The van der Waals surface area contributed by atoms with Crippen molar-refractivity contribution >= 4 is 28.9 Å². The summed E-state index contributed by atoms with van der Waals surface area (Å²) in [7, 11) is 0. The molecular weight excluding hydrogens is 451 g/mol. The third-order valence-corrected chi connectivity index (χ3v) is 5.95. The van der Waals surface area contributed by atoms with Crippen LogP contribution in [-0.4, -0.2) is 26.3 Å².